The minimum absolute atomic E-state index is 0.143. The van der Waals surface area contributed by atoms with Gasteiger partial charge in [-0.05, 0) is 55.1 Å². The Morgan fingerprint density at radius 2 is 2.00 bits per heavy atom. The maximum absolute atomic E-state index is 13.1. The lowest BCUT2D eigenvalue weighted by Gasteiger charge is -2.13. The molecule has 150 valence electrons. The Morgan fingerprint density at radius 1 is 1.24 bits per heavy atom. The second-order valence-electron chi connectivity index (χ2n) is 6.01. The highest BCUT2D eigenvalue weighted by molar-refractivity contribution is 8.18. The number of amidine groups is 1. The minimum atomic E-state index is -0.331. The third-order valence-corrected chi connectivity index (χ3v) is 5.12. The van der Waals surface area contributed by atoms with Crippen LogP contribution in [0.1, 0.15) is 12.5 Å². The largest absolute Gasteiger partial charge is 0.493 e. The van der Waals surface area contributed by atoms with Gasteiger partial charge in [0, 0.05) is 12.1 Å². The number of carbonyl (C=O) groups is 1. The molecule has 0 N–H and O–H groups in total. The van der Waals surface area contributed by atoms with Crippen molar-refractivity contribution in [1.29, 1.82) is 0 Å². The molecule has 2 aromatic carbocycles. The van der Waals surface area contributed by atoms with Crippen molar-refractivity contribution >= 4 is 34.6 Å². The number of thioether (sulfide) groups is 1. The normalized spacial score (nSPS) is 16.5. The van der Waals surface area contributed by atoms with Crippen LogP contribution in [0.4, 0.5) is 10.1 Å². The summed E-state index contributed by atoms with van der Waals surface area (Å²) in [7, 11) is 1.56. The Kier molecular flexibility index (Phi) is 6.72. The van der Waals surface area contributed by atoms with Crippen molar-refractivity contribution < 1.29 is 18.7 Å². The van der Waals surface area contributed by atoms with Gasteiger partial charge >= 0.3 is 0 Å². The fourth-order valence-electron chi connectivity index (χ4n) is 2.74. The fraction of sp³-hybridized carbons (Fsp3) is 0.182. The highest BCUT2D eigenvalue weighted by Crippen LogP contribution is 2.38. The molecule has 0 bridgehead atoms. The third-order valence-electron chi connectivity index (χ3n) is 4.12. The van der Waals surface area contributed by atoms with Gasteiger partial charge in [-0.1, -0.05) is 24.8 Å². The first-order valence-corrected chi connectivity index (χ1v) is 9.85. The predicted molar refractivity (Wildman–Crippen MR) is 115 cm³/mol. The summed E-state index contributed by atoms with van der Waals surface area (Å²) < 4.78 is 24.3. The molecule has 0 aromatic heterocycles. The van der Waals surface area contributed by atoms with Crippen molar-refractivity contribution in [1.82, 2.24) is 4.90 Å². The zero-order valence-corrected chi connectivity index (χ0v) is 17.0. The highest BCUT2D eigenvalue weighted by Gasteiger charge is 2.32. The first-order valence-electron chi connectivity index (χ1n) is 9.03. The number of carbonyl (C=O) groups excluding carboxylic acids is 1. The molecule has 0 aliphatic carbocycles. The molecule has 29 heavy (non-hydrogen) atoms. The number of para-hydroxylation sites is 1. The van der Waals surface area contributed by atoms with Gasteiger partial charge < -0.3 is 9.47 Å². The molecule has 5 nitrogen and oxygen atoms in total. The van der Waals surface area contributed by atoms with E-state index < -0.39 is 0 Å². The minimum Gasteiger partial charge on any atom is -0.493 e. The van der Waals surface area contributed by atoms with Gasteiger partial charge in [0.15, 0.2) is 16.7 Å². The Bertz CT molecular complexity index is 971. The van der Waals surface area contributed by atoms with E-state index in [-0.39, 0.29) is 11.7 Å². The van der Waals surface area contributed by atoms with Gasteiger partial charge in [0.2, 0.25) is 0 Å². The summed E-state index contributed by atoms with van der Waals surface area (Å²) in [6.45, 7) is 6.34. The number of methoxy groups -OCH3 is 1. The summed E-state index contributed by atoms with van der Waals surface area (Å²) in [4.78, 5) is 19.5. The number of likely N-dealkylation sites (N-methyl/N-ethyl adjacent to an activating group) is 1. The average Bonchev–Trinajstić information content (AvgIpc) is 3.02. The van der Waals surface area contributed by atoms with Crippen LogP contribution in [0.15, 0.2) is 65.0 Å². The second kappa shape index (κ2) is 9.43. The van der Waals surface area contributed by atoms with E-state index in [0.717, 1.165) is 5.56 Å². The van der Waals surface area contributed by atoms with Gasteiger partial charge in [-0.15, -0.1) is 0 Å². The summed E-state index contributed by atoms with van der Waals surface area (Å²) in [5, 5.41) is 0.548. The average molecular weight is 412 g/mol. The number of rotatable bonds is 7. The topological polar surface area (TPSA) is 51.1 Å². The van der Waals surface area contributed by atoms with Crippen LogP contribution in [-0.4, -0.2) is 36.2 Å². The molecule has 1 saturated heterocycles. The van der Waals surface area contributed by atoms with E-state index >= 15 is 0 Å². The maximum atomic E-state index is 13.1. The van der Waals surface area contributed by atoms with Crippen molar-refractivity contribution in [3.63, 3.8) is 0 Å². The lowest BCUT2D eigenvalue weighted by molar-refractivity contribution is -0.122. The van der Waals surface area contributed by atoms with Crippen molar-refractivity contribution in [2.75, 3.05) is 20.3 Å². The quantitative estimate of drug-likeness (QED) is 0.473. The van der Waals surface area contributed by atoms with E-state index in [1.54, 1.807) is 42.4 Å². The van der Waals surface area contributed by atoms with Crippen molar-refractivity contribution in [3.05, 3.63) is 71.4 Å². The molecular formula is C22H21FN2O3S. The first kappa shape index (κ1) is 20.7. The lowest BCUT2D eigenvalue weighted by Crippen LogP contribution is -2.28. The monoisotopic (exact) mass is 412 g/mol. The van der Waals surface area contributed by atoms with Crippen molar-refractivity contribution in [2.45, 2.75) is 6.92 Å². The summed E-state index contributed by atoms with van der Waals surface area (Å²) in [6.07, 6.45) is 3.41. The first-order chi connectivity index (χ1) is 14.1. The van der Waals surface area contributed by atoms with Crippen LogP contribution in [0.5, 0.6) is 11.5 Å². The van der Waals surface area contributed by atoms with Gasteiger partial charge in [0.1, 0.15) is 12.4 Å². The molecule has 1 heterocycles. The van der Waals surface area contributed by atoms with Crippen LogP contribution < -0.4 is 9.47 Å². The van der Waals surface area contributed by atoms with E-state index in [0.29, 0.717) is 40.4 Å². The van der Waals surface area contributed by atoms with E-state index in [4.69, 9.17) is 9.47 Å². The number of benzene rings is 2. The Hall–Kier alpha value is -3.06. The molecule has 3 rings (SSSR count). The predicted octanol–water partition coefficient (Wildman–Crippen LogP) is 5.02. The second-order valence-corrected chi connectivity index (χ2v) is 7.02. The van der Waals surface area contributed by atoms with Crippen LogP contribution in [0.3, 0.4) is 0 Å². The van der Waals surface area contributed by atoms with Gasteiger partial charge in [0.05, 0.1) is 17.7 Å². The van der Waals surface area contributed by atoms with E-state index in [9.17, 15) is 9.18 Å². The van der Waals surface area contributed by atoms with Gasteiger partial charge in [0.25, 0.3) is 5.91 Å². The smallest absolute Gasteiger partial charge is 0.266 e. The van der Waals surface area contributed by atoms with Crippen LogP contribution in [0, 0.1) is 5.82 Å². The summed E-state index contributed by atoms with van der Waals surface area (Å²) in [6, 6.07) is 11.3. The van der Waals surface area contributed by atoms with Crippen molar-refractivity contribution in [2.24, 2.45) is 4.99 Å². The zero-order chi connectivity index (χ0) is 20.8. The lowest BCUT2D eigenvalue weighted by atomic mass is 10.1. The Labute approximate surface area is 173 Å². The molecule has 0 atom stereocenters. The molecule has 0 spiro atoms. The van der Waals surface area contributed by atoms with Crippen LogP contribution in [0.2, 0.25) is 0 Å². The van der Waals surface area contributed by atoms with E-state index in [2.05, 4.69) is 11.6 Å². The number of hydrogen-bond donors (Lipinski definition) is 0. The molecule has 1 amide bonds. The van der Waals surface area contributed by atoms with Gasteiger partial charge in [-0.25, -0.2) is 9.38 Å². The maximum Gasteiger partial charge on any atom is 0.266 e. The third kappa shape index (κ3) is 4.68. The number of hydrogen-bond acceptors (Lipinski definition) is 5. The van der Waals surface area contributed by atoms with E-state index in [1.165, 1.54) is 23.9 Å². The SMILES string of the molecule is C=CCOc1c(/C=C2/SC(=Nc3ccc(F)cc3)N(CC)C2=O)cccc1OC. The fourth-order valence-corrected chi connectivity index (χ4v) is 3.79. The molecule has 0 radical (unpaired) electrons. The van der Waals surface area contributed by atoms with Gasteiger partial charge in [-0.2, -0.15) is 0 Å². The van der Waals surface area contributed by atoms with Crippen LogP contribution >= 0.6 is 11.8 Å². The van der Waals surface area contributed by atoms with Crippen LogP contribution in [0.25, 0.3) is 6.08 Å². The summed E-state index contributed by atoms with van der Waals surface area (Å²) in [5.41, 5.74) is 1.30. The van der Waals surface area contributed by atoms with Crippen molar-refractivity contribution in [3.8, 4) is 11.5 Å². The Morgan fingerprint density at radius 3 is 2.66 bits per heavy atom. The molecule has 0 unspecified atom stereocenters. The number of ether oxygens (including phenoxy) is 2. The molecule has 1 aliphatic heterocycles. The number of halogens is 1. The number of nitrogens with zero attached hydrogens (tertiary/aromatic N) is 2. The molecular weight excluding hydrogens is 391 g/mol. The summed E-state index contributed by atoms with van der Waals surface area (Å²) in [5.74, 6) is 0.643. The molecule has 2 aromatic rings. The standard InChI is InChI=1S/C22H21FN2O3S/c1-4-13-28-20-15(7-6-8-18(20)27-3)14-19-21(26)25(5-2)22(29-19)24-17-11-9-16(23)10-12-17/h4,6-12,14H,1,5,13H2,2-3H3/b19-14+,24-22?. The van der Waals surface area contributed by atoms with Crippen LogP contribution in [-0.2, 0) is 4.79 Å². The van der Waals surface area contributed by atoms with Gasteiger partial charge in [-0.3, -0.25) is 9.69 Å². The number of amides is 1. The number of aliphatic imine (C=N–C) groups is 1. The molecule has 7 heteroatoms. The molecule has 0 saturated carbocycles. The summed E-state index contributed by atoms with van der Waals surface area (Å²) >= 11 is 1.27. The molecule has 1 aliphatic rings. The Balaban J connectivity index is 1.97. The van der Waals surface area contributed by atoms with E-state index in [1.807, 2.05) is 19.1 Å². The molecule has 1 fully saturated rings. The highest BCUT2D eigenvalue weighted by atomic mass is 32.2. The zero-order valence-electron chi connectivity index (χ0n) is 16.2.